The number of hydrogen-bond donors (Lipinski definition) is 2. The molecule has 5 unspecified atom stereocenters. The summed E-state index contributed by atoms with van der Waals surface area (Å²) in [5.74, 6) is 3.57. The van der Waals surface area contributed by atoms with Crippen LogP contribution in [0.5, 0.6) is 0 Å². The zero-order valence-corrected chi connectivity index (χ0v) is 14.7. The fourth-order valence-corrected chi connectivity index (χ4v) is 4.18. The second-order valence-corrected chi connectivity index (χ2v) is 8.01. The lowest BCUT2D eigenvalue weighted by molar-refractivity contribution is 0.0118. The second-order valence-electron chi connectivity index (χ2n) is 8.01. The molecular weight excluding hydrogens is 260 g/mol. The van der Waals surface area contributed by atoms with Crippen LogP contribution in [0.25, 0.3) is 0 Å². The standard InChI is InChI=1S/C19H38O2/c1-14(2)6-5-7-15(3)8-11-18-16(4)9-10-17(12-20)19(18)13-21/h14-21H,5-13H2,1-4H3. The summed E-state index contributed by atoms with van der Waals surface area (Å²) >= 11 is 0. The van der Waals surface area contributed by atoms with Crippen LogP contribution in [0.3, 0.4) is 0 Å². The van der Waals surface area contributed by atoms with Crippen LogP contribution in [0, 0.1) is 35.5 Å². The molecule has 0 aromatic carbocycles. The third-order valence-electron chi connectivity index (χ3n) is 5.80. The summed E-state index contributed by atoms with van der Waals surface area (Å²) in [7, 11) is 0. The van der Waals surface area contributed by atoms with E-state index in [0.29, 0.717) is 23.7 Å². The lowest BCUT2D eigenvalue weighted by atomic mass is 9.65. The quantitative estimate of drug-likeness (QED) is 0.658. The van der Waals surface area contributed by atoms with E-state index in [1.165, 1.54) is 38.5 Å². The van der Waals surface area contributed by atoms with E-state index in [0.717, 1.165) is 18.3 Å². The molecule has 0 spiro atoms. The zero-order valence-electron chi connectivity index (χ0n) is 14.7. The van der Waals surface area contributed by atoms with Gasteiger partial charge in [-0.15, -0.1) is 0 Å². The Morgan fingerprint density at radius 1 is 0.905 bits per heavy atom. The smallest absolute Gasteiger partial charge is 0.0465 e. The Labute approximate surface area is 132 Å². The molecule has 0 bridgehead atoms. The molecule has 2 nitrogen and oxygen atoms in total. The SMILES string of the molecule is CC(C)CCCC(C)CCC1C(C)CCC(CO)C1CO. The van der Waals surface area contributed by atoms with Crippen LogP contribution < -0.4 is 0 Å². The first kappa shape index (κ1) is 19.0. The highest BCUT2D eigenvalue weighted by Gasteiger charge is 2.36. The molecular formula is C19H38O2. The van der Waals surface area contributed by atoms with E-state index in [9.17, 15) is 10.2 Å². The molecule has 0 amide bonds. The third kappa shape index (κ3) is 6.28. The first-order valence-electron chi connectivity index (χ1n) is 9.21. The molecule has 0 heterocycles. The predicted molar refractivity (Wildman–Crippen MR) is 90.1 cm³/mol. The minimum Gasteiger partial charge on any atom is -0.396 e. The monoisotopic (exact) mass is 298 g/mol. The summed E-state index contributed by atoms with van der Waals surface area (Å²) in [6.07, 6.45) is 8.84. The molecule has 2 heteroatoms. The number of aliphatic hydroxyl groups excluding tert-OH is 2. The van der Waals surface area contributed by atoms with Gasteiger partial charge in [-0.1, -0.05) is 59.8 Å². The summed E-state index contributed by atoms with van der Waals surface area (Å²) in [6, 6.07) is 0. The highest BCUT2D eigenvalue weighted by atomic mass is 16.3. The Bertz CT molecular complexity index is 264. The van der Waals surface area contributed by atoms with Gasteiger partial charge in [-0.05, 0) is 48.3 Å². The highest BCUT2D eigenvalue weighted by molar-refractivity contribution is 4.85. The molecule has 1 fully saturated rings. The summed E-state index contributed by atoms with van der Waals surface area (Å²) < 4.78 is 0. The minimum absolute atomic E-state index is 0.248. The molecule has 2 N–H and O–H groups in total. The van der Waals surface area contributed by atoms with Gasteiger partial charge in [-0.25, -0.2) is 0 Å². The van der Waals surface area contributed by atoms with Crippen molar-refractivity contribution in [1.29, 1.82) is 0 Å². The van der Waals surface area contributed by atoms with Crippen LogP contribution in [-0.4, -0.2) is 23.4 Å². The van der Waals surface area contributed by atoms with Gasteiger partial charge in [-0.2, -0.15) is 0 Å². The Morgan fingerprint density at radius 3 is 2.19 bits per heavy atom. The molecule has 1 aliphatic carbocycles. The summed E-state index contributed by atoms with van der Waals surface area (Å²) in [5.41, 5.74) is 0. The van der Waals surface area contributed by atoms with Crippen molar-refractivity contribution >= 4 is 0 Å². The Balaban J connectivity index is 2.39. The van der Waals surface area contributed by atoms with Crippen LogP contribution in [0.15, 0.2) is 0 Å². The average molecular weight is 299 g/mol. The van der Waals surface area contributed by atoms with E-state index < -0.39 is 0 Å². The van der Waals surface area contributed by atoms with Crippen molar-refractivity contribution in [2.75, 3.05) is 13.2 Å². The minimum atomic E-state index is 0.248. The molecule has 126 valence electrons. The van der Waals surface area contributed by atoms with Gasteiger partial charge in [0.1, 0.15) is 0 Å². The van der Waals surface area contributed by atoms with Crippen molar-refractivity contribution < 1.29 is 10.2 Å². The van der Waals surface area contributed by atoms with Gasteiger partial charge in [0.05, 0.1) is 0 Å². The highest BCUT2D eigenvalue weighted by Crippen LogP contribution is 2.41. The van der Waals surface area contributed by atoms with Crippen molar-refractivity contribution in [3.05, 3.63) is 0 Å². The first-order valence-corrected chi connectivity index (χ1v) is 9.21. The Hall–Kier alpha value is -0.0800. The van der Waals surface area contributed by atoms with Crippen molar-refractivity contribution in [2.24, 2.45) is 35.5 Å². The van der Waals surface area contributed by atoms with Gasteiger partial charge < -0.3 is 10.2 Å². The summed E-state index contributed by atoms with van der Waals surface area (Å²) in [6.45, 7) is 9.82. The Kier molecular flexibility index (Phi) is 8.89. The van der Waals surface area contributed by atoms with Crippen molar-refractivity contribution in [2.45, 2.75) is 72.6 Å². The van der Waals surface area contributed by atoms with Gasteiger partial charge in [0.15, 0.2) is 0 Å². The molecule has 0 radical (unpaired) electrons. The lowest BCUT2D eigenvalue weighted by Gasteiger charge is -2.41. The normalized spacial score (nSPS) is 31.6. The third-order valence-corrected chi connectivity index (χ3v) is 5.80. The molecule has 0 aromatic rings. The number of hydrogen-bond acceptors (Lipinski definition) is 2. The molecule has 0 saturated heterocycles. The predicted octanol–water partition coefficient (Wildman–Crippen LogP) is 4.49. The zero-order chi connectivity index (χ0) is 15.8. The van der Waals surface area contributed by atoms with E-state index in [1.54, 1.807) is 0 Å². The van der Waals surface area contributed by atoms with E-state index in [1.807, 2.05) is 0 Å². The average Bonchev–Trinajstić information content (AvgIpc) is 2.45. The van der Waals surface area contributed by atoms with Crippen molar-refractivity contribution in [3.8, 4) is 0 Å². The molecule has 21 heavy (non-hydrogen) atoms. The molecule has 1 rings (SSSR count). The van der Waals surface area contributed by atoms with Gasteiger partial charge in [0.25, 0.3) is 0 Å². The van der Waals surface area contributed by atoms with Crippen LogP contribution >= 0.6 is 0 Å². The molecule has 0 aliphatic heterocycles. The fraction of sp³-hybridized carbons (Fsp3) is 1.00. The lowest BCUT2D eigenvalue weighted by Crippen LogP contribution is -2.37. The molecule has 1 saturated carbocycles. The molecule has 5 atom stereocenters. The van der Waals surface area contributed by atoms with E-state index in [4.69, 9.17) is 0 Å². The Morgan fingerprint density at radius 2 is 1.62 bits per heavy atom. The van der Waals surface area contributed by atoms with E-state index in [-0.39, 0.29) is 13.2 Å². The van der Waals surface area contributed by atoms with Gasteiger partial charge in [-0.3, -0.25) is 0 Å². The number of rotatable bonds is 9. The van der Waals surface area contributed by atoms with Crippen molar-refractivity contribution in [3.63, 3.8) is 0 Å². The topological polar surface area (TPSA) is 40.5 Å². The van der Waals surface area contributed by atoms with Gasteiger partial charge >= 0.3 is 0 Å². The first-order chi connectivity index (χ1) is 9.99. The van der Waals surface area contributed by atoms with Crippen LogP contribution in [0.2, 0.25) is 0 Å². The maximum atomic E-state index is 9.74. The van der Waals surface area contributed by atoms with Gasteiger partial charge in [0.2, 0.25) is 0 Å². The maximum Gasteiger partial charge on any atom is 0.0465 e. The summed E-state index contributed by atoms with van der Waals surface area (Å²) in [5, 5.41) is 19.3. The van der Waals surface area contributed by atoms with Crippen LogP contribution in [-0.2, 0) is 0 Å². The van der Waals surface area contributed by atoms with Crippen LogP contribution in [0.4, 0.5) is 0 Å². The second kappa shape index (κ2) is 9.84. The fourth-order valence-electron chi connectivity index (χ4n) is 4.18. The van der Waals surface area contributed by atoms with Crippen molar-refractivity contribution in [1.82, 2.24) is 0 Å². The van der Waals surface area contributed by atoms with Gasteiger partial charge in [0, 0.05) is 13.2 Å². The van der Waals surface area contributed by atoms with Crippen LogP contribution in [0.1, 0.15) is 72.6 Å². The molecule has 1 aliphatic rings. The number of aliphatic hydroxyl groups is 2. The van der Waals surface area contributed by atoms with E-state index in [2.05, 4.69) is 27.7 Å². The maximum absolute atomic E-state index is 9.74. The summed E-state index contributed by atoms with van der Waals surface area (Å²) in [4.78, 5) is 0. The largest absolute Gasteiger partial charge is 0.396 e. The molecule has 0 aromatic heterocycles. The van der Waals surface area contributed by atoms with E-state index >= 15 is 0 Å².